The Morgan fingerprint density at radius 3 is 2.12 bits per heavy atom. The molecule has 1 atom stereocenters. The molecule has 174 valence electrons. The van der Waals surface area contributed by atoms with E-state index in [1.165, 1.54) is 5.56 Å². The van der Waals surface area contributed by atoms with Gasteiger partial charge >= 0.3 is 0 Å². The lowest BCUT2D eigenvalue weighted by Gasteiger charge is -2.18. The van der Waals surface area contributed by atoms with E-state index in [1.54, 1.807) is 7.11 Å². The van der Waals surface area contributed by atoms with Gasteiger partial charge in [-0.05, 0) is 60.4 Å². The number of aromatic nitrogens is 1. The topological polar surface area (TPSA) is 82.2 Å². The molecule has 0 aliphatic carbocycles. The molecule has 0 bridgehead atoms. The second kappa shape index (κ2) is 9.90. The number of ether oxygens (including phenoxy) is 1. The standard InChI is InChI=1S/C28H30N4O2/c1-5-32-26-16-23(34-4)14-15-24(26)25(17-29)27(32)20-8-12-22(13-9-20)31-28(33)30-21-10-6-19(7-11-21)18(2)3/h6-16,18,28,30-31,33H,5H2,1-4H3. The highest BCUT2D eigenvalue weighted by atomic mass is 16.5. The summed E-state index contributed by atoms with van der Waals surface area (Å²) in [7, 11) is 1.64. The molecule has 0 radical (unpaired) electrons. The third-order valence-corrected chi connectivity index (χ3v) is 6.04. The van der Waals surface area contributed by atoms with Crippen LogP contribution in [0.25, 0.3) is 22.2 Å². The normalized spacial score (nSPS) is 11.9. The average Bonchev–Trinajstić information content (AvgIpc) is 3.17. The second-order valence-corrected chi connectivity index (χ2v) is 8.51. The van der Waals surface area contributed by atoms with E-state index in [4.69, 9.17) is 4.74 Å². The van der Waals surface area contributed by atoms with Crippen LogP contribution < -0.4 is 15.4 Å². The van der Waals surface area contributed by atoms with Crippen molar-refractivity contribution in [3.05, 3.63) is 77.9 Å². The predicted octanol–water partition coefficient (Wildman–Crippen LogP) is 6.13. The molecule has 0 aliphatic heterocycles. The lowest BCUT2D eigenvalue weighted by atomic mass is 10.0. The number of hydrogen-bond donors (Lipinski definition) is 3. The molecule has 1 heterocycles. The summed E-state index contributed by atoms with van der Waals surface area (Å²) in [5.41, 5.74) is 6.28. The molecule has 6 nitrogen and oxygen atoms in total. The molecule has 4 aromatic rings. The average molecular weight is 455 g/mol. The Balaban J connectivity index is 1.56. The van der Waals surface area contributed by atoms with Gasteiger partial charge < -0.3 is 25.0 Å². The van der Waals surface area contributed by atoms with E-state index in [0.29, 0.717) is 11.5 Å². The summed E-state index contributed by atoms with van der Waals surface area (Å²) in [5, 5.41) is 27.4. The Bertz CT molecular complexity index is 1320. The van der Waals surface area contributed by atoms with E-state index in [-0.39, 0.29) is 0 Å². The van der Waals surface area contributed by atoms with E-state index >= 15 is 0 Å². The first-order chi connectivity index (χ1) is 16.4. The lowest BCUT2D eigenvalue weighted by Crippen LogP contribution is -2.27. The number of fused-ring (bicyclic) bond motifs is 1. The van der Waals surface area contributed by atoms with Crippen molar-refractivity contribution in [1.82, 2.24) is 4.57 Å². The molecule has 0 aliphatic rings. The summed E-state index contributed by atoms with van der Waals surface area (Å²) in [6.45, 7) is 7.09. The number of nitrogens with zero attached hydrogens (tertiary/aromatic N) is 2. The molecule has 3 aromatic carbocycles. The second-order valence-electron chi connectivity index (χ2n) is 8.51. The summed E-state index contributed by atoms with van der Waals surface area (Å²) < 4.78 is 7.52. The van der Waals surface area contributed by atoms with Gasteiger partial charge in [-0.1, -0.05) is 38.1 Å². The van der Waals surface area contributed by atoms with E-state index in [1.807, 2.05) is 54.6 Å². The molecule has 0 saturated heterocycles. The van der Waals surface area contributed by atoms with Gasteiger partial charge in [0.1, 0.15) is 11.8 Å². The first-order valence-corrected chi connectivity index (χ1v) is 11.5. The van der Waals surface area contributed by atoms with Crippen molar-refractivity contribution in [3.8, 4) is 23.1 Å². The van der Waals surface area contributed by atoms with Crippen molar-refractivity contribution >= 4 is 22.3 Å². The van der Waals surface area contributed by atoms with Gasteiger partial charge in [0, 0.05) is 29.4 Å². The molecule has 3 N–H and O–H groups in total. The van der Waals surface area contributed by atoms with Gasteiger partial charge in [0.15, 0.2) is 0 Å². The number of methoxy groups -OCH3 is 1. The zero-order valence-electron chi connectivity index (χ0n) is 20.0. The highest BCUT2D eigenvalue weighted by Crippen LogP contribution is 2.35. The van der Waals surface area contributed by atoms with Crippen LogP contribution in [0.1, 0.15) is 37.8 Å². The van der Waals surface area contributed by atoms with E-state index < -0.39 is 6.35 Å². The Morgan fingerprint density at radius 1 is 0.971 bits per heavy atom. The van der Waals surface area contributed by atoms with Crippen molar-refractivity contribution in [2.24, 2.45) is 0 Å². The molecule has 1 unspecified atom stereocenters. The van der Waals surface area contributed by atoms with E-state index in [2.05, 4.69) is 54.2 Å². The fourth-order valence-electron chi connectivity index (χ4n) is 4.24. The number of nitriles is 1. The van der Waals surface area contributed by atoms with Crippen LogP contribution in [0.2, 0.25) is 0 Å². The zero-order valence-corrected chi connectivity index (χ0v) is 20.0. The minimum absolute atomic E-state index is 0.464. The first kappa shape index (κ1) is 23.2. The van der Waals surface area contributed by atoms with Crippen molar-refractivity contribution in [3.63, 3.8) is 0 Å². The van der Waals surface area contributed by atoms with Crippen molar-refractivity contribution in [1.29, 1.82) is 5.26 Å². The highest BCUT2D eigenvalue weighted by molar-refractivity contribution is 5.95. The number of anilines is 2. The molecule has 0 saturated carbocycles. The molecule has 1 aromatic heterocycles. The molecule has 4 rings (SSSR count). The Hall–Kier alpha value is -3.95. The van der Waals surface area contributed by atoms with Gasteiger partial charge in [0.2, 0.25) is 6.35 Å². The third kappa shape index (κ3) is 4.57. The maximum atomic E-state index is 10.4. The van der Waals surface area contributed by atoms with Gasteiger partial charge in [0.05, 0.1) is 23.9 Å². The Labute approximate surface area is 200 Å². The van der Waals surface area contributed by atoms with E-state index in [0.717, 1.165) is 45.8 Å². The molecule has 0 spiro atoms. The van der Waals surface area contributed by atoms with Crippen molar-refractivity contribution < 1.29 is 9.84 Å². The molecule has 0 fully saturated rings. The van der Waals surface area contributed by atoms with Crippen molar-refractivity contribution in [2.75, 3.05) is 17.7 Å². The van der Waals surface area contributed by atoms with Crippen LogP contribution in [0.5, 0.6) is 5.75 Å². The Kier molecular flexibility index (Phi) is 6.76. The number of rotatable bonds is 8. The molecular weight excluding hydrogens is 424 g/mol. The number of benzene rings is 3. The predicted molar refractivity (Wildman–Crippen MR) is 138 cm³/mol. The third-order valence-electron chi connectivity index (χ3n) is 6.04. The fraction of sp³-hybridized carbons (Fsp3) is 0.250. The minimum atomic E-state index is -0.944. The van der Waals surface area contributed by atoms with Gasteiger partial charge in [-0.2, -0.15) is 5.26 Å². The zero-order chi connectivity index (χ0) is 24.2. The van der Waals surface area contributed by atoms with Gasteiger partial charge in [-0.15, -0.1) is 0 Å². The smallest absolute Gasteiger partial charge is 0.202 e. The molecule has 34 heavy (non-hydrogen) atoms. The molecule has 6 heteroatoms. The SMILES string of the molecule is CCn1c(-c2ccc(NC(O)Nc3ccc(C(C)C)cc3)cc2)c(C#N)c2ccc(OC)cc21. The molecule has 0 amide bonds. The number of aliphatic hydroxyl groups excluding tert-OH is 1. The van der Waals surface area contributed by atoms with Crippen LogP contribution >= 0.6 is 0 Å². The maximum Gasteiger partial charge on any atom is 0.202 e. The Morgan fingerprint density at radius 2 is 1.59 bits per heavy atom. The largest absolute Gasteiger partial charge is 0.497 e. The fourth-order valence-corrected chi connectivity index (χ4v) is 4.24. The summed E-state index contributed by atoms with van der Waals surface area (Å²) >= 11 is 0. The summed E-state index contributed by atoms with van der Waals surface area (Å²) in [5.74, 6) is 1.22. The summed E-state index contributed by atoms with van der Waals surface area (Å²) in [4.78, 5) is 0. The van der Waals surface area contributed by atoms with Crippen LogP contribution in [0, 0.1) is 11.3 Å². The van der Waals surface area contributed by atoms with Gasteiger partial charge in [0.25, 0.3) is 0 Å². The first-order valence-electron chi connectivity index (χ1n) is 11.5. The van der Waals surface area contributed by atoms with Gasteiger partial charge in [-0.3, -0.25) is 0 Å². The van der Waals surface area contributed by atoms with Gasteiger partial charge in [-0.25, -0.2) is 0 Å². The number of aliphatic hydroxyl groups is 1. The lowest BCUT2D eigenvalue weighted by molar-refractivity contribution is 0.233. The van der Waals surface area contributed by atoms with Crippen LogP contribution in [-0.4, -0.2) is 23.1 Å². The van der Waals surface area contributed by atoms with E-state index in [9.17, 15) is 10.4 Å². The number of aryl methyl sites for hydroxylation is 1. The quantitative estimate of drug-likeness (QED) is 0.279. The summed E-state index contributed by atoms with van der Waals surface area (Å²) in [6.07, 6.45) is -0.944. The maximum absolute atomic E-state index is 10.4. The number of hydrogen-bond acceptors (Lipinski definition) is 5. The summed E-state index contributed by atoms with van der Waals surface area (Å²) in [6, 6.07) is 24.0. The molecular formula is C28H30N4O2. The van der Waals surface area contributed by atoms with Crippen molar-refractivity contribution in [2.45, 2.75) is 39.6 Å². The number of nitrogens with one attached hydrogen (secondary N) is 2. The van der Waals surface area contributed by atoms with Crippen LogP contribution in [-0.2, 0) is 6.54 Å². The van der Waals surface area contributed by atoms with Crippen LogP contribution in [0.15, 0.2) is 66.7 Å². The monoisotopic (exact) mass is 454 g/mol. The van der Waals surface area contributed by atoms with Crippen LogP contribution in [0.3, 0.4) is 0 Å². The van der Waals surface area contributed by atoms with Crippen LogP contribution in [0.4, 0.5) is 11.4 Å². The minimum Gasteiger partial charge on any atom is -0.497 e. The highest BCUT2D eigenvalue weighted by Gasteiger charge is 2.18.